The second-order valence-electron chi connectivity index (χ2n) is 9.06. The number of rotatable bonds is 6. The SMILES string of the molecule is Cc1ccc(C(CNC(=O)c2ccc(N3C(=O)C(C)CS3(=O)=O)cc2)N2CCCCC2)cc1. The third kappa shape index (κ3) is 5.12. The maximum absolute atomic E-state index is 12.9. The number of benzene rings is 2. The van der Waals surface area contributed by atoms with E-state index in [1.165, 1.54) is 29.7 Å². The molecule has 2 saturated heterocycles. The third-order valence-electron chi connectivity index (χ3n) is 6.47. The predicted molar refractivity (Wildman–Crippen MR) is 129 cm³/mol. The highest BCUT2D eigenvalue weighted by Gasteiger charge is 2.41. The molecule has 0 bridgehead atoms. The maximum atomic E-state index is 12.9. The Morgan fingerprint density at radius 3 is 2.24 bits per heavy atom. The lowest BCUT2D eigenvalue weighted by Crippen LogP contribution is -2.40. The van der Waals surface area contributed by atoms with Gasteiger partial charge in [-0.3, -0.25) is 14.5 Å². The van der Waals surface area contributed by atoms with Crippen LogP contribution in [0, 0.1) is 12.8 Å². The smallest absolute Gasteiger partial charge is 0.251 e. The summed E-state index contributed by atoms with van der Waals surface area (Å²) in [5, 5.41) is 3.05. The van der Waals surface area contributed by atoms with Crippen LogP contribution in [-0.4, -0.2) is 50.5 Å². The number of carbonyl (C=O) groups excluding carboxylic acids is 2. The first-order valence-corrected chi connectivity index (χ1v) is 13.1. The quantitative estimate of drug-likeness (QED) is 0.702. The standard InChI is InChI=1S/C25H31N3O4S/c1-18-6-8-20(9-7-18)23(27-14-4-3-5-15-27)16-26-24(29)21-10-12-22(13-11-21)28-25(30)19(2)17-33(28,31)32/h6-13,19,23H,3-5,14-17H2,1-2H3,(H,26,29). The van der Waals surface area contributed by atoms with Crippen molar-refractivity contribution in [1.82, 2.24) is 10.2 Å². The highest BCUT2D eigenvalue weighted by Crippen LogP contribution is 2.28. The van der Waals surface area contributed by atoms with E-state index in [4.69, 9.17) is 0 Å². The Morgan fingerprint density at radius 2 is 1.67 bits per heavy atom. The molecule has 0 aromatic heterocycles. The van der Waals surface area contributed by atoms with E-state index in [-0.39, 0.29) is 23.4 Å². The lowest BCUT2D eigenvalue weighted by molar-refractivity contribution is -0.119. The van der Waals surface area contributed by atoms with Crippen LogP contribution in [0.4, 0.5) is 5.69 Å². The second-order valence-corrected chi connectivity index (χ2v) is 10.9. The van der Waals surface area contributed by atoms with Crippen molar-refractivity contribution in [2.45, 2.75) is 39.2 Å². The molecule has 0 radical (unpaired) electrons. The number of carbonyl (C=O) groups is 2. The van der Waals surface area contributed by atoms with Gasteiger partial charge >= 0.3 is 0 Å². The molecule has 2 aromatic carbocycles. The molecule has 4 rings (SSSR count). The van der Waals surface area contributed by atoms with Gasteiger partial charge in [0.25, 0.3) is 5.91 Å². The lowest BCUT2D eigenvalue weighted by Gasteiger charge is -2.35. The monoisotopic (exact) mass is 469 g/mol. The van der Waals surface area contributed by atoms with Gasteiger partial charge in [-0.2, -0.15) is 0 Å². The minimum atomic E-state index is -3.66. The van der Waals surface area contributed by atoms with Gasteiger partial charge in [-0.15, -0.1) is 0 Å². The fourth-order valence-electron chi connectivity index (χ4n) is 4.60. The van der Waals surface area contributed by atoms with Crippen LogP contribution < -0.4 is 9.62 Å². The molecule has 2 atom stereocenters. The summed E-state index contributed by atoms with van der Waals surface area (Å²) in [7, 11) is -3.66. The zero-order valence-electron chi connectivity index (χ0n) is 19.2. The van der Waals surface area contributed by atoms with Crippen molar-refractivity contribution in [2.24, 2.45) is 5.92 Å². The number of nitrogens with zero attached hydrogens (tertiary/aromatic N) is 2. The zero-order valence-corrected chi connectivity index (χ0v) is 20.0. The summed E-state index contributed by atoms with van der Waals surface area (Å²) in [6, 6.07) is 14.7. The third-order valence-corrected chi connectivity index (χ3v) is 8.34. The van der Waals surface area contributed by atoms with Crippen LogP contribution >= 0.6 is 0 Å². The molecule has 1 N–H and O–H groups in total. The molecule has 2 fully saturated rings. The Bertz CT molecular complexity index is 1110. The number of amides is 2. The molecular formula is C25H31N3O4S. The molecule has 2 aliphatic heterocycles. The lowest BCUT2D eigenvalue weighted by atomic mass is 10.0. The van der Waals surface area contributed by atoms with Crippen LogP contribution in [0.3, 0.4) is 0 Å². The number of hydrogen-bond acceptors (Lipinski definition) is 5. The van der Waals surface area contributed by atoms with Crippen molar-refractivity contribution in [3.8, 4) is 0 Å². The number of likely N-dealkylation sites (tertiary alicyclic amines) is 1. The Morgan fingerprint density at radius 1 is 1.03 bits per heavy atom. The molecule has 2 amide bonds. The highest BCUT2D eigenvalue weighted by atomic mass is 32.2. The molecule has 7 nitrogen and oxygen atoms in total. The number of anilines is 1. The summed E-state index contributed by atoms with van der Waals surface area (Å²) in [5.41, 5.74) is 3.09. The van der Waals surface area contributed by atoms with E-state index in [0.29, 0.717) is 12.1 Å². The normalized spacial score (nSPS) is 21.7. The first kappa shape index (κ1) is 23.4. The summed E-state index contributed by atoms with van der Waals surface area (Å²) >= 11 is 0. The van der Waals surface area contributed by atoms with Gasteiger partial charge in [-0.05, 0) is 62.7 Å². The van der Waals surface area contributed by atoms with E-state index in [2.05, 4.69) is 41.4 Å². The van der Waals surface area contributed by atoms with Gasteiger partial charge in [0.05, 0.1) is 23.4 Å². The van der Waals surface area contributed by atoms with Gasteiger partial charge in [-0.1, -0.05) is 43.2 Å². The minimum Gasteiger partial charge on any atom is -0.350 e. The van der Waals surface area contributed by atoms with Crippen molar-refractivity contribution in [3.63, 3.8) is 0 Å². The molecule has 8 heteroatoms. The molecule has 0 saturated carbocycles. The second kappa shape index (κ2) is 9.65. The molecule has 2 aromatic rings. The van der Waals surface area contributed by atoms with Crippen molar-refractivity contribution in [1.29, 1.82) is 0 Å². The van der Waals surface area contributed by atoms with E-state index >= 15 is 0 Å². The molecule has 33 heavy (non-hydrogen) atoms. The van der Waals surface area contributed by atoms with Gasteiger partial charge in [0, 0.05) is 12.1 Å². The summed E-state index contributed by atoms with van der Waals surface area (Å²) in [5.74, 6) is -1.41. The first-order valence-electron chi connectivity index (χ1n) is 11.5. The Labute approximate surface area is 195 Å². The summed E-state index contributed by atoms with van der Waals surface area (Å²) in [4.78, 5) is 27.6. The Kier molecular flexibility index (Phi) is 6.86. The molecule has 176 valence electrons. The van der Waals surface area contributed by atoms with Crippen LogP contribution in [0.2, 0.25) is 0 Å². The van der Waals surface area contributed by atoms with Crippen molar-refractivity contribution >= 4 is 27.5 Å². The Balaban J connectivity index is 1.46. The van der Waals surface area contributed by atoms with E-state index in [0.717, 1.165) is 30.2 Å². The average Bonchev–Trinajstić information content (AvgIpc) is 3.02. The number of sulfonamides is 1. The fourth-order valence-corrected chi connectivity index (χ4v) is 6.42. The van der Waals surface area contributed by atoms with Gasteiger partial charge < -0.3 is 5.32 Å². The van der Waals surface area contributed by atoms with E-state index in [1.54, 1.807) is 19.1 Å². The van der Waals surface area contributed by atoms with Crippen LogP contribution in [0.15, 0.2) is 48.5 Å². The molecular weight excluding hydrogens is 438 g/mol. The number of nitrogens with one attached hydrogen (secondary N) is 1. The molecule has 2 unspecified atom stereocenters. The van der Waals surface area contributed by atoms with Crippen LogP contribution in [0.25, 0.3) is 0 Å². The number of aryl methyl sites for hydroxylation is 1. The van der Waals surface area contributed by atoms with Gasteiger partial charge in [0.1, 0.15) is 0 Å². The van der Waals surface area contributed by atoms with Crippen LogP contribution in [-0.2, 0) is 14.8 Å². The van der Waals surface area contributed by atoms with Crippen molar-refractivity contribution in [3.05, 3.63) is 65.2 Å². The van der Waals surface area contributed by atoms with Crippen molar-refractivity contribution < 1.29 is 18.0 Å². The molecule has 0 spiro atoms. The first-order chi connectivity index (χ1) is 15.8. The molecule has 0 aliphatic carbocycles. The van der Waals surface area contributed by atoms with Gasteiger partial charge in [-0.25, -0.2) is 12.7 Å². The van der Waals surface area contributed by atoms with E-state index < -0.39 is 21.8 Å². The Hall–Kier alpha value is -2.71. The number of hydrogen-bond donors (Lipinski definition) is 1. The number of piperidine rings is 1. The van der Waals surface area contributed by atoms with Crippen LogP contribution in [0.5, 0.6) is 0 Å². The van der Waals surface area contributed by atoms with Gasteiger partial charge in [0.15, 0.2) is 0 Å². The topological polar surface area (TPSA) is 86.8 Å². The summed E-state index contributed by atoms with van der Waals surface area (Å²) in [6.45, 7) is 6.18. The zero-order chi connectivity index (χ0) is 23.6. The molecule has 2 aliphatic rings. The maximum Gasteiger partial charge on any atom is 0.251 e. The van der Waals surface area contributed by atoms with Gasteiger partial charge in [0.2, 0.25) is 15.9 Å². The largest absolute Gasteiger partial charge is 0.350 e. The average molecular weight is 470 g/mol. The van der Waals surface area contributed by atoms with E-state index in [9.17, 15) is 18.0 Å². The summed E-state index contributed by atoms with van der Waals surface area (Å²) in [6.07, 6.45) is 3.56. The minimum absolute atomic E-state index is 0.1000. The van der Waals surface area contributed by atoms with Crippen molar-refractivity contribution in [2.75, 3.05) is 29.7 Å². The molecule has 2 heterocycles. The predicted octanol–water partition coefficient (Wildman–Crippen LogP) is 3.26. The highest BCUT2D eigenvalue weighted by molar-refractivity contribution is 7.94. The van der Waals surface area contributed by atoms with E-state index in [1.807, 2.05) is 0 Å². The van der Waals surface area contributed by atoms with Crippen LogP contribution in [0.1, 0.15) is 53.7 Å². The fraction of sp³-hybridized carbons (Fsp3) is 0.440. The summed E-state index contributed by atoms with van der Waals surface area (Å²) < 4.78 is 25.5.